The number of amides is 2. The van der Waals surface area contributed by atoms with Gasteiger partial charge in [-0.25, -0.2) is 14.4 Å². The molecule has 1 aromatic carbocycles. The number of carbonyl (C=O) groups excluding carboxylic acids is 2. The highest BCUT2D eigenvalue weighted by atomic mass is 19.1. The van der Waals surface area contributed by atoms with Crippen molar-refractivity contribution < 1.29 is 23.8 Å². The number of carbonyl (C=O) groups is 2. The summed E-state index contributed by atoms with van der Waals surface area (Å²) in [5.41, 5.74) is 4.36. The number of fused-ring (bicyclic) bond motifs is 1. The smallest absolute Gasteiger partial charge is 0.255 e. The van der Waals surface area contributed by atoms with Crippen LogP contribution >= 0.6 is 0 Å². The van der Waals surface area contributed by atoms with E-state index in [1.165, 1.54) is 31.0 Å². The normalized spacial score (nSPS) is 20.5. The number of hydrogen-bond donors (Lipinski definition) is 3. The van der Waals surface area contributed by atoms with Gasteiger partial charge in [-0.3, -0.25) is 9.59 Å². The van der Waals surface area contributed by atoms with Crippen LogP contribution in [0.2, 0.25) is 0 Å². The molecular formula is C26H30FN5O4. The molecule has 10 heteroatoms. The van der Waals surface area contributed by atoms with E-state index in [4.69, 9.17) is 4.74 Å². The minimum Gasteiger partial charge on any atom is -0.493 e. The number of aliphatic hydroxyl groups is 1. The second-order valence-corrected chi connectivity index (χ2v) is 9.84. The maximum Gasteiger partial charge on any atom is 0.255 e. The van der Waals surface area contributed by atoms with E-state index in [1.54, 1.807) is 6.92 Å². The number of halogens is 1. The molecule has 3 N–H and O–H groups in total. The minimum absolute atomic E-state index is 0.0107. The number of hydrogen-bond acceptors (Lipinski definition) is 6. The standard InChI is InChI=1S/C26H30FN5O4/c1-13-4-7-20(36-11-16-5-6-16)17(8-13)22-24-23(29-12-28-22)21(14(2)30-24)25(34)31-19-10-32(9-18(19)27)26(35)15(3)33/h4,7-8,12,15-16,18-19,30,33H,5-6,9-11H2,1-3H3,(H,31,34)/t15-,18+,19-/m0/s1. The molecule has 5 rings (SSSR count). The van der Waals surface area contributed by atoms with Crippen LogP contribution in [-0.2, 0) is 4.79 Å². The summed E-state index contributed by atoms with van der Waals surface area (Å²) in [7, 11) is 0. The highest BCUT2D eigenvalue weighted by Gasteiger charge is 2.38. The second kappa shape index (κ2) is 9.50. The zero-order valence-corrected chi connectivity index (χ0v) is 20.5. The molecule has 36 heavy (non-hydrogen) atoms. The summed E-state index contributed by atoms with van der Waals surface area (Å²) in [5.74, 6) is 0.263. The lowest BCUT2D eigenvalue weighted by Gasteiger charge is -2.18. The number of benzene rings is 1. The highest BCUT2D eigenvalue weighted by molar-refractivity contribution is 6.09. The molecule has 1 saturated heterocycles. The lowest BCUT2D eigenvalue weighted by atomic mass is 10.1. The number of nitrogens with zero attached hydrogens (tertiary/aromatic N) is 3. The Morgan fingerprint density at radius 2 is 2.06 bits per heavy atom. The van der Waals surface area contributed by atoms with E-state index in [0.717, 1.165) is 16.9 Å². The van der Waals surface area contributed by atoms with E-state index in [1.807, 2.05) is 25.1 Å². The van der Waals surface area contributed by atoms with Crippen LogP contribution in [0.4, 0.5) is 4.39 Å². The number of aryl methyl sites for hydroxylation is 2. The van der Waals surface area contributed by atoms with E-state index in [9.17, 15) is 19.1 Å². The number of aromatic amines is 1. The van der Waals surface area contributed by atoms with Gasteiger partial charge in [-0.05, 0) is 51.7 Å². The van der Waals surface area contributed by atoms with Crippen molar-refractivity contribution in [2.24, 2.45) is 5.92 Å². The number of likely N-dealkylation sites (tertiary alicyclic amines) is 1. The van der Waals surface area contributed by atoms with Gasteiger partial charge in [-0.1, -0.05) is 11.6 Å². The Kier molecular flexibility index (Phi) is 6.38. The summed E-state index contributed by atoms with van der Waals surface area (Å²) in [5, 5.41) is 12.2. The second-order valence-electron chi connectivity index (χ2n) is 9.84. The van der Waals surface area contributed by atoms with Crippen molar-refractivity contribution in [2.75, 3.05) is 19.7 Å². The van der Waals surface area contributed by atoms with Crippen LogP contribution in [0.25, 0.3) is 22.3 Å². The molecule has 2 fully saturated rings. The van der Waals surface area contributed by atoms with Crippen molar-refractivity contribution in [1.29, 1.82) is 0 Å². The summed E-state index contributed by atoms with van der Waals surface area (Å²) in [6, 6.07) is 5.04. The van der Waals surface area contributed by atoms with Crippen LogP contribution in [0.15, 0.2) is 24.5 Å². The Balaban J connectivity index is 1.44. The van der Waals surface area contributed by atoms with Crippen LogP contribution in [0.1, 0.15) is 41.4 Å². The largest absolute Gasteiger partial charge is 0.493 e. The van der Waals surface area contributed by atoms with Crippen molar-refractivity contribution in [3.63, 3.8) is 0 Å². The van der Waals surface area contributed by atoms with Crippen LogP contribution in [0.5, 0.6) is 5.75 Å². The molecule has 9 nitrogen and oxygen atoms in total. The van der Waals surface area contributed by atoms with Gasteiger partial charge >= 0.3 is 0 Å². The van der Waals surface area contributed by atoms with E-state index in [-0.39, 0.29) is 13.1 Å². The van der Waals surface area contributed by atoms with Crippen molar-refractivity contribution in [2.45, 2.75) is 51.9 Å². The first-order valence-electron chi connectivity index (χ1n) is 12.2. The zero-order chi connectivity index (χ0) is 25.6. The lowest BCUT2D eigenvalue weighted by molar-refractivity contribution is -0.138. The predicted molar refractivity (Wildman–Crippen MR) is 131 cm³/mol. The van der Waals surface area contributed by atoms with Gasteiger partial charge in [-0.15, -0.1) is 0 Å². The molecule has 1 aliphatic carbocycles. The molecule has 3 heterocycles. The van der Waals surface area contributed by atoms with Crippen LogP contribution in [-0.4, -0.2) is 74.8 Å². The molecule has 1 aliphatic heterocycles. The van der Waals surface area contributed by atoms with E-state index in [0.29, 0.717) is 40.5 Å². The minimum atomic E-state index is -1.44. The summed E-state index contributed by atoms with van der Waals surface area (Å²) < 4.78 is 20.7. The third-order valence-corrected chi connectivity index (χ3v) is 6.79. The number of aliphatic hydroxyl groups excluding tert-OH is 1. The quantitative estimate of drug-likeness (QED) is 0.464. The third-order valence-electron chi connectivity index (χ3n) is 6.79. The summed E-state index contributed by atoms with van der Waals surface area (Å²) in [6.07, 6.45) is 1.10. The van der Waals surface area contributed by atoms with Crippen LogP contribution in [0, 0.1) is 19.8 Å². The van der Waals surface area contributed by atoms with Crippen molar-refractivity contribution in [1.82, 2.24) is 25.2 Å². The van der Waals surface area contributed by atoms with Gasteiger partial charge in [0.05, 0.1) is 30.3 Å². The fourth-order valence-electron chi connectivity index (χ4n) is 4.63. The molecule has 3 aromatic rings. The summed E-state index contributed by atoms with van der Waals surface area (Å²) >= 11 is 0. The fraction of sp³-hybridized carbons (Fsp3) is 0.462. The topological polar surface area (TPSA) is 120 Å². The average molecular weight is 496 g/mol. The molecule has 2 aliphatic rings. The Morgan fingerprint density at radius 3 is 2.78 bits per heavy atom. The predicted octanol–water partition coefficient (Wildman–Crippen LogP) is 2.69. The zero-order valence-electron chi connectivity index (χ0n) is 20.5. The number of aromatic nitrogens is 3. The van der Waals surface area contributed by atoms with Gasteiger partial charge in [-0.2, -0.15) is 0 Å². The fourth-order valence-corrected chi connectivity index (χ4v) is 4.63. The van der Waals surface area contributed by atoms with Crippen molar-refractivity contribution in [3.05, 3.63) is 41.3 Å². The molecule has 0 spiro atoms. The Labute approximate surface area is 208 Å². The van der Waals surface area contributed by atoms with Crippen LogP contribution < -0.4 is 10.1 Å². The molecular weight excluding hydrogens is 465 g/mol. The maximum atomic E-state index is 14.6. The first kappa shape index (κ1) is 24.2. The number of alkyl halides is 1. The van der Waals surface area contributed by atoms with Crippen molar-refractivity contribution >= 4 is 22.8 Å². The average Bonchev–Trinajstić information content (AvgIpc) is 3.51. The number of rotatable bonds is 7. The number of nitrogens with one attached hydrogen (secondary N) is 2. The number of H-pyrrole nitrogens is 1. The highest BCUT2D eigenvalue weighted by Crippen LogP contribution is 2.37. The molecule has 0 unspecified atom stereocenters. The van der Waals surface area contributed by atoms with Crippen molar-refractivity contribution in [3.8, 4) is 17.0 Å². The Bertz CT molecular complexity index is 1320. The molecule has 190 valence electrons. The van der Waals surface area contributed by atoms with E-state index in [2.05, 4.69) is 20.3 Å². The maximum absolute atomic E-state index is 14.6. The van der Waals surface area contributed by atoms with Gasteiger partial charge < -0.3 is 25.0 Å². The molecule has 0 bridgehead atoms. The third kappa shape index (κ3) is 4.65. The van der Waals surface area contributed by atoms with Gasteiger partial charge in [0.15, 0.2) is 0 Å². The first-order valence-corrected chi connectivity index (χ1v) is 12.2. The molecule has 2 amide bonds. The molecule has 1 saturated carbocycles. The van der Waals surface area contributed by atoms with Gasteiger partial charge in [0.2, 0.25) is 0 Å². The summed E-state index contributed by atoms with van der Waals surface area (Å²) in [6.45, 7) is 5.55. The molecule has 2 aromatic heterocycles. The lowest BCUT2D eigenvalue weighted by Crippen LogP contribution is -2.42. The SMILES string of the molecule is Cc1ccc(OCC2CC2)c(-c2ncnc3c(C(=O)N[C@H]4CN(C(=O)[C@H](C)O)C[C@H]4F)c(C)[nH]c23)c1. The first-order chi connectivity index (χ1) is 17.2. The Hall–Kier alpha value is -3.53. The van der Waals surface area contributed by atoms with Crippen LogP contribution in [0.3, 0.4) is 0 Å². The Morgan fingerprint density at radius 1 is 1.28 bits per heavy atom. The van der Waals surface area contributed by atoms with Gasteiger partial charge in [0.1, 0.15) is 35.6 Å². The van der Waals surface area contributed by atoms with Gasteiger partial charge in [0, 0.05) is 17.8 Å². The van der Waals surface area contributed by atoms with Gasteiger partial charge in [0.25, 0.3) is 11.8 Å². The van der Waals surface area contributed by atoms with E-state index >= 15 is 0 Å². The summed E-state index contributed by atoms with van der Waals surface area (Å²) in [4.78, 5) is 38.7. The van der Waals surface area contributed by atoms with E-state index < -0.39 is 30.1 Å². The number of ether oxygens (including phenoxy) is 1. The molecule has 0 radical (unpaired) electrons. The molecule has 3 atom stereocenters. The monoisotopic (exact) mass is 495 g/mol.